The predicted octanol–water partition coefficient (Wildman–Crippen LogP) is 2.46. The number of hydrogen-bond donors (Lipinski definition) is 0. The first kappa shape index (κ1) is 11.0. The van der Waals surface area contributed by atoms with E-state index < -0.39 is 0 Å². The van der Waals surface area contributed by atoms with Crippen molar-refractivity contribution in [2.45, 2.75) is 38.3 Å². The third-order valence-corrected chi connectivity index (χ3v) is 8.36. The van der Waals surface area contributed by atoms with Gasteiger partial charge in [0.15, 0.2) is 0 Å². The molecule has 0 aliphatic heterocycles. The third kappa shape index (κ3) is 7.15. The van der Waals surface area contributed by atoms with E-state index in [4.69, 9.17) is 0 Å². The summed E-state index contributed by atoms with van der Waals surface area (Å²) in [4.78, 5) is 0. The Bertz CT molecular complexity index is 93.8. The van der Waals surface area contributed by atoms with Gasteiger partial charge in [-0.3, -0.25) is 0 Å². The fourth-order valence-electron chi connectivity index (χ4n) is 0.812. The average molecular weight is 272 g/mol. The van der Waals surface area contributed by atoms with E-state index >= 15 is 0 Å². The predicted molar refractivity (Wildman–Crippen MR) is 50.8 cm³/mol. The van der Waals surface area contributed by atoms with E-state index in [9.17, 15) is 0 Å². The molecule has 10 heavy (non-hydrogen) atoms. The van der Waals surface area contributed by atoms with Crippen molar-refractivity contribution in [1.82, 2.24) is 0 Å². The van der Waals surface area contributed by atoms with Crippen molar-refractivity contribution < 1.29 is 0 Å². The summed E-state index contributed by atoms with van der Waals surface area (Å²) >= 11 is 3.05. The maximum atomic E-state index is 3.36. The van der Waals surface area contributed by atoms with Crippen LogP contribution in [0, 0.1) is 11.8 Å². The summed E-state index contributed by atoms with van der Waals surface area (Å²) in [6.07, 6.45) is 0. The average Bonchev–Trinajstić information content (AvgIpc) is 1.58. The van der Waals surface area contributed by atoms with Gasteiger partial charge in [0.2, 0.25) is 0 Å². The molecule has 62 valence electrons. The number of rotatable bonds is 4. The number of hydrogen-bond acceptors (Lipinski definition) is 0. The Hall–Kier alpha value is 1.04. The monoisotopic (exact) mass is 274 g/mol. The van der Waals surface area contributed by atoms with Crippen LogP contribution < -0.4 is 0 Å². The molecule has 0 aromatic carbocycles. The topological polar surface area (TPSA) is 0 Å². The Morgan fingerprint density at radius 2 is 1.30 bits per heavy atom. The van der Waals surface area contributed by atoms with Gasteiger partial charge in [0.1, 0.15) is 0 Å². The fraction of sp³-hybridized carbons (Fsp3) is 1.00. The second-order valence-corrected chi connectivity index (χ2v) is 11.9. The van der Waals surface area contributed by atoms with Crippen LogP contribution in [0.3, 0.4) is 0 Å². The van der Waals surface area contributed by atoms with Crippen LogP contribution in [0.4, 0.5) is 0 Å². The van der Waals surface area contributed by atoms with Crippen molar-refractivity contribution >= 4 is 25.2 Å². The molecule has 0 amide bonds. The van der Waals surface area contributed by atoms with Crippen molar-refractivity contribution in [3.63, 3.8) is 0 Å². The summed E-state index contributed by atoms with van der Waals surface area (Å²) in [7, 11) is 0. The van der Waals surface area contributed by atoms with Crippen molar-refractivity contribution in [2.24, 2.45) is 11.8 Å². The molecule has 0 nitrogen and oxygen atoms in total. The molecule has 0 N–H and O–H groups in total. The van der Waals surface area contributed by atoms with Crippen LogP contribution in [0.25, 0.3) is 0 Å². The van der Waals surface area contributed by atoms with Gasteiger partial charge in [-0.25, -0.2) is 0 Å². The summed E-state index contributed by atoms with van der Waals surface area (Å²) in [5.74, 6) is 1.79. The first-order valence-corrected chi connectivity index (χ1v) is 10.6. The normalized spacial score (nSPS) is 11.9. The van der Waals surface area contributed by atoms with Crippen LogP contribution in [-0.2, 0) is 0 Å². The second kappa shape index (κ2) is 5.66. The summed E-state index contributed by atoms with van der Waals surface area (Å²) in [5.41, 5.74) is 0. The SMILES string of the molecule is CC(C)C[Se](=[Se])CC(C)C. The summed E-state index contributed by atoms with van der Waals surface area (Å²) < 4.78 is 0. The molecule has 0 aromatic heterocycles. The Morgan fingerprint density at radius 3 is 1.50 bits per heavy atom. The van der Waals surface area contributed by atoms with Gasteiger partial charge < -0.3 is 0 Å². The van der Waals surface area contributed by atoms with E-state index in [1.807, 2.05) is 0 Å². The van der Waals surface area contributed by atoms with Crippen LogP contribution in [0.2, 0.25) is 10.6 Å². The zero-order valence-electron chi connectivity index (χ0n) is 7.39. The molecule has 0 atom stereocenters. The van der Waals surface area contributed by atoms with Gasteiger partial charge in [-0.1, -0.05) is 0 Å². The van der Waals surface area contributed by atoms with E-state index in [1.54, 1.807) is 0 Å². The molecule has 0 saturated heterocycles. The van der Waals surface area contributed by atoms with Crippen molar-refractivity contribution in [3.8, 4) is 0 Å². The van der Waals surface area contributed by atoms with Gasteiger partial charge in [-0.2, -0.15) is 0 Å². The van der Waals surface area contributed by atoms with Crippen LogP contribution in [0.1, 0.15) is 27.7 Å². The Kier molecular flexibility index (Phi) is 6.25. The minimum absolute atomic E-state index is 0.319. The Labute approximate surface area is 75.3 Å². The summed E-state index contributed by atoms with van der Waals surface area (Å²) in [5, 5.41) is 2.91. The molecular formula is C8H18Se2. The van der Waals surface area contributed by atoms with Gasteiger partial charge in [-0.15, -0.1) is 0 Å². The van der Waals surface area contributed by atoms with Crippen LogP contribution in [0.5, 0.6) is 0 Å². The van der Waals surface area contributed by atoms with Crippen molar-refractivity contribution in [2.75, 3.05) is 0 Å². The third-order valence-electron chi connectivity index (χ3n) is 1.04. The van der Waals surface area contributed by atoms with Gasteiger partial charge >= 0.3 is 75.4 Å². The van der Waals surface area contributed by atoms with E-state index in [0.29, 0.717) is 0 Å². The quantitative estimate of drug-likeness (QED) is 0.690. The molecular weight excluding hydrogens is 254 g/mol. The van der Waals surface area contributed by atoms with Gasteiger partial charge in [0, 0.05) is 0 Å². The Morgan fingerprint density at radius 1 is 1.00 bits per heavy atom. The van der Waals surface area contributed by atoms with Crippen molar-refractivity contribution in [3.05, 3.63) is 0 Å². The zero-order valence-corrected chi connectivity index (χ0v) is 10.8. The standard InChI is InChI=1S/C8H18Se2/c1-7(2)5-10(9)6-8(3)4/h7-8H,5-6H2,1-4H3. The fourth-order valence-corrected chi connectivity index (χ4v) is 10.2. The molecule has 2 heteroatoms. The molecule has 0 rings (SSSR count). The van der Waals surface area contributed by atoms with E-state index in [0.717, 1.165) is 11.8 Å². The molecule has 0 heterocycles. The van der Waals surface area contributed by atoms with Crippen molar-refractivity contribution in [1.29, 1.82) is 0 Å². The molecule has 0 aliphatic rings. The van der Waals surface area contributed by atoms with E-state index in [2.05, 4.69) is 41.3 Å². The molecule has 0 radical (unpaired) electrons. The van der Waals surface area contributed by atoms with Crippen LogP contribution >= 0.6 is 0 Å². The van der Waals surface area contributed by atoms with Gasteiger partial charge in [-0.05, 0) is 0 Å². The maximum absolute atomic E-state index is 3.36. The molecule has 0 aliphatic carbocycles. The summed E-state index contributed by atoms with van der Waals surface area (Å²) in [6.45, 7) is 9.25. The molecule has 0 spiro atoms. The van der Waals surface area contributed by atoms with E-state index in [1.165, 1.54) is 10.6 Å². The van der Waals surface area contributed by atoms with Crippen LogP contribution in [0.15, 0.2) is 0 Å². The second-order valence-electron chi connectivity index (χ2n) is 3.56. The van der Waals surface area contributed by atoms with E-state index in [-0.39, 0.29) is 11.5 Å². The molecule has 0 saturated carbocycles. The molecule has 0 bridgehead atoms. The summed E-state index contributed by atoms with van der Waals surface area (Å²) in [6, 6.07) is 0. The molecule has 0 unspecified atom stereocenters. The van der Waals surface area contributed by atoms with Gasteiger partial charge in [0.05, 0.1) is 0 Å². The zero-order chi connectivity index (χ0) is 8.15. The molecule has 0 fully saturated rings. The molecule has 0 aromatic rings. The van der Waals surface area contributed by atoms with Crippen LogP contribution in [-0.4, -0.2) is 25.2 Å². The Balaban J connectivity index is 3.44. The van der Waals surface area contributed by atoms with Gasteiger partial charge in [0.25, 0.3) is 0 Å². The first-order chi connectivity index (χ1) is 4.52. The minimum atomic E-state index is -0.319. The first-order valence-electron chi connectivity index (χ1n) is 3.87.